The van der Waals surface area contributed by atoms with Crippen LogP contribution in [0.3, 0.4) is 0 Å². The lowest BCUT2D eigenvalue weighted by Crippen LogP contribution is -2.40. The topological polar surface area (TPSA) is 76.4 Å². The van der Waals surface area contributed by atoms with Crippen LogP contribution in [0.5, 0.6) is 0 Å². The molecular weight excluding hydrogens is 222 g/mol. The highest BCUT2D eigenvalue weighted by Gasteiger charge is 2.46. The first kappa shape index (κ1) is 14.7. The van der Waals surface area contributed by atoms with Crippen LogP contribution in [-0.4, -0.2) is 26.2 Å². The van der Waals surface area contributed by atoms with E-state index in [9.17, 15) is 9.59 Å². The first-order chi connectivity index (χ1) is 8.08. The Morgan fingerprint density at radius 3 is 2.24 bits per heavy atom. The molecule has 0 aromatic rings. The molecule has 0 saturated carbocycles. The molecule has 0 heterocycles. The number of esters is 2. The number of allylic oxidation sites excluding steroid dienone is 2. The largest absolute Gasteiger partial charge is 0.468 e. The number of nitriles is 1. The summed E-state index contributed by atoms with van der Waals surface area (Å²) in [5, 5.41) is 8.38. The average Bonchev–Trinajstić information content (AvgIpc) is 2.35. The molecule has 0 aliphatic rings. The summed E-state index contributed by atoms with van der Waals surface area (Å²) in [4.78, 5) is 23.4. The quantitative estimate of drug-likeness (QED) is 0.305. The van der Waals surface area contributed by atoms with E-state index in [0.717, 1.165) is 20.3 Å². The molecule has 0 N–H and O–H groups in total. The van der Waals surface area contributed by atoms with Gasteiger partial charge in [0.2, 0.25) is 0 Å². The van der Waals surface area contributed by atoms with Crippen LogP contribution >= 0.6 is 0 Å². The van der Waals surface area contributed by atoms with Crippen molar-refractivity contribution in [1.29, 1.82) is 5.26 Å². The fraction of sp³-hybridized carbons (Fsp3) is 0.417. The molecule has 0 saturated heterocycles. The molecule has 0 aliphatic carbocycles. The molecule has 17 heavy (non-hydrogen) atoms. The zero-order valence-corrected chi connectivity index (χ0v) is 9.73. The van der Waals surface area contributed by atoms with E-state index in [2.05, 4.69) is 15.4 Å². The first-order valence-electron chi connectivity index (χ1n) is 4.74. The van der Waals surface area contributed by atoms with Gasteiger partial charge in [-0.1, -0.05) is 6.08 Å². The van der Waals surface area contributed by atoms with E-state index in [1.165, 1.54) is 6.08 Å². The Kier molecular flexibility index (Phi) is 6.13. The molecular formula is C12H13NO4. The summed E-state index contributed by atoms with van der Waals surface area (Å²) < 4.78 is 9.14. The molecule has 90 valence electrons. The number of terminal acetylenes is 1. The van der Waals surface area contributed by atoms with Gasteiger partial charge in [0.05, 0.1) is 20.3 Å². The van der Waals surface area contributed by atoms with Gasteiger partial charge in [-0.2, -0.15) is 5.26 Å². The smallest absolute Gasteiger partial charge is 0.324 e. The number of methoxy groups -OCH3 is 2. The Hall–Kier alpha value is -2.27. The third kappa shape index (κ3) is 3.35. The second kappa shape index (κ2) is 7.08. The number of ether oxygens (including phenoxy) is 2. The molecule has 0 radical (unpaired) electrons. The predicted molar refractivity (Wildman–Crippen MR) is 59.3 cm³/mol. The van der Waals surface area contributed by atoms with Crippen molar-refractivity contribution in [2.75, 3.05) is 14.2 Å². The Balaban J connectivity index is 5.34. The summed E-state index contributed by atoms with van der Waals surface area (Å²) in [6.45, 7) is 0. The van der Waals surface area contributed by atoms with Crippen LogP contribution < -0.4 is 0 Å². The number of hydrogen-bond donors (Lipinski definition) is 0. The van der Waals surface area contributed by atoms with Crippen LogP contribution in [0.1, 0.15) is 12.8 Å². The van der Waals surface area contributed by atoms with E-state index in [0.29, 0.717) is 0 Å². The minimum Gasteiger partial charge on any atom is -0.468 e. The van der Waals surface area contributed by atoms with Gasteiger partial charge in [0, 0.05) is 12.5 Å². The molecule has 0 aromatic heterocycles. The van der Waals surface area contributed by atoms with Gasteiger partial charge in [-0.15, -0.1) is 12.3 Å². The second-order valence-corrected chi connectivity index (χ2v) is 3.18. The van der Waals surface area contributed by atoms with Gasteiger partial charge < -0.3 is 9.47 Å². The lowest BCUT2D eigenvalue weighted by molar-refractivity contribution is -0.168. The van der Waals surface area contributed by atoms with Gasteiger partial charge in [0.25, 0.3) is 0 Å². The molecule has 0 fully saturated rings. The van der Waals surface area contributed by atoms with Crippen LogP contribution in [-0.2, 0) is 19.1 Å². The first-order valence-corrected chi connectivity index (χ1v) is 4.74. The highest BCUT2D eigenvalue weighted by molar-refractivity contribution is 6.00. The molecule has 0 aromatic carbocycles. The van der Waals surface area contributed by atoms with E-state index >= 15 is 0 Å². The van der Waals surface area contributed by atoms with Gasteiger partial charge in [0.1, 0.15) is 0 Å². The van der Waals surface area contributed by atoms with E-state index in [-0.39, 0.29) is 12.8 Å². The van der Waals surface area contributed by atoms with Crippen LogP contribution in [0.15, 0.2) is 12.2 Å². The summed E-state index contributed by atoms with van der Waals surface area (Å²) >= 11 is 0. The molecule has 5 nitrogen and oxygen atoms in total. The Morgan fingerprint density at radius 2 is 1.88 bits per heavy atom. The standard InChI is InChI=1S/C12H13NO4/c1-4-7-12(10(14)16-2,11(15)17-3)8-5-6-9-13/h1,5-6H,7-8H2,2-3H3/b6-5+. The van der Waals surface area contributed by atoms with E-state index in [4.69, 9.17) is 11.7 Å². The van der Waals surface area contributed by atoms with E-state index < -0.39 is 17.4 Å². The van der Waals surface area contributed by atoms with Crippen molar-refractivity contribution < 1.29 is 19.1 Å². The summed E-state index contributed by atoms with van der Waals surface area (Å²) in [6, 6.07) is 1.76. The van der Waals surface area contributed by atoms with Crippen molar-refractivity contribution in [1.82, 2.24) is 0 Å². The number of carbonyl (C=O) groups is 2. The Labute approximate surface area is 100 Å². The minimum absolute atomic E-state index is 0.0376. The van der Waals surface area contributed by atoms with E-state index in [1.807, 2.05) is 0 Å². The lowest BCUT2D eigenvalue weighted by Gasteiger charge is -2.24. The Bertz CT molecular complexity index is 382. The molecule has 5 heteroatoms. The molecule has 0 amide bonds. The van der Waals surface area contributed by atoms with Crippen LogP contribution in [0.2, 0.25) is 0 Å². The zero-order valence-electron chi connectivity index (χ0n) is 9.73. The maximum Gasteiger partial charge on any atom is 0.324 e. The van der Waals surface area contributed by atoms with Gasteiger partial charge >= 0.3 is 11.9 Å². The fourth-order valence-corrected chi connectivity index (χ4v) is 1.34. The average molecular weight is 235 g/mol. The molecule has 0 spiro atoms. The van der Waals surface area contributed by atoms with Crippen molar-refractivity contribution in [2.45, 2.75) is 12.8 Å². The maximum absolute atomic E-state index is 11.7. The van der Waals surface area contributed by atoms with E-state index in [1.54, 1.807) is 6.07 Å². The summed E-state index contributed by atoms with van der Waals surface area (Å²) in [5.74, 6) is 0.701. The number of hydrogen-bond acceptors (Lipinski definition) is 5. The maximum atomic E-state index is 11.7. The molecule has 0 rings (SSSR count). The summed E-state index contributed by atoms with van der Waals surface area (Å²) in [7, 11) is 2.31. The number of rotatable bonds is 5. The highest BCUT2D eigenvalue weighted by Crippen LogP contribution is 2.30. The normalized spacial score (nSPS) is 10.4. The van der Waals surface area contributed by atoms with Crippen molar-refractivity contribution in [3.05, 3.63) is 12.2 Å². The summed E-state index contributed by atoms with van der Waals surface area (Å²) in [5.41, 5.74) is -1.58. The lowest BCUT2D eigenvalue weighted by atomic mass is 9.81. The number of carbonyl (C=O) groups excluding carboxylic acids is 2. The van der Waals surface area contributed by atoms with Crippen LogP contribution in [0.25, 0.3) is 0 Å². The van der Waals surface area contributed by atoms with Crippen LogP contribution in [0, 0.1) is 29.1 Å². The van der Waals surface area contributed by atoms with Crippen molar-refractivity contribution in [2.24, 2.45) is 5.41 Å². The predicted octanol–water partition coefficient (Wildman–Crippen LogP) is 0.812. The van der Waals surface area contributed by atoms with Gasteiger partial charge in [-0.25, -0.2) is 0 Å². The fourth-order valence-electron chi connectivity index (χ4n) is 1.34. The minimum atomic E-state index is -1.58. The van der Waals surface area contributed by atoms with Crippen molar-refractivity contribution >= 4 is 11.9 Å². The third-order valence-corrected chi connectivity index (χ3v) is 2.21. The Morgan fingerprint density at radius 1 is 1.35 bits per heavy atom. The van der Waals surface area contributed by atoms with Crippen LogP contribution in [0.4, 0.5) is 0 Å². The highest BCUT2D eigenvalue weighted by atomic mass is 16.5. The van der Waals surface area contributed by atoms with Gasteiger partial charge in [0.15, 0.2) is 5.41 Å². The summed E-state index contributed by atoms with van der Waals surface area (Å²) in [6.07, 6.45) is 7.50. The molecule has 0 atom stereocenters. The molecule has 0 bridgehead atoms. The monoisotopic (exact) mass is 235 g/mol. The third-order valence-electron chi connectivity index (χ3n) is 2.21. The van der Waals surface area contributed by atoms with Gasteiger partial charge in [-0.3, -0.25) is 9.59 Å². The zero-order chi connectivity index (χ0) is 13.3. The SMILES string of the molecule is C#CCC(C/C=C/C#N)(C(=O)OC)C(=O)OC. The second-order valence-electron chi connectivity index (χ2n) is 3.18. The van der Waals surface area contributed by atoms with Gasteiger partial charge in [-0.05, 0) is 6.42 Å². The van der Waals surface area contributed by atoms with Crippen molar-refractivity contribution in [3.63, 3.8) is 0 Å². The number of nitrogens with zero attached hydrogens (tertiary/aromatic N) is 1. The molecule has 0 aliphatic heterocycles. The molecule has 0 unspecified atom stereocenters. The van der Waals surface area contributed by atoms with Crippen molar-refractivity contribution in [3.8, 4) is 18.4 Å².